The van der Waals surface area contributed by atoms with Gasteiger partial charge in [-0.25, -0.2) is 0 Å². The van der Waals surface area contributed by atoms with Crippen LogP contribution in [0.15, 0.2) is 60.8 Å². The highest BCUT2D eigenvalue weighted by atomic mass is 32.2. The number of hydrogen-bond acceptors (Lipinski definition) is 3. The van der Waals surface area contributed by atoms with Gasteiger partial charge in [-0.3, -0.25) is 4.55 Å². The maximum atomic E-state index is 11.2. The van der Waals surface area contributed by atoms with E-state index in [0.717, 1.165) is 42.5 Å². The SMILES string of the molecule is CN1CC=C(c2cn(Cc3ccccc3)c3ccc(CCS(=O)(=O)O)cc23)CC1. The predicted molar refractivity (Wildman–Crippen MR) is 118 cm³/mol. The lowest BCUT2D eigenvalue weighted by Gasteiger charge is -2.21. The number of rotatable bonds is 6. The van der Waals surface area contributed by atoms with Crippen LogP contribution in [-0.4, -0.2) is 48.3 Å². The summed E-state index contributed by atoms with van der Waals surface area (Å²) in [4.78, 5) is 2.30. The monoisotopic (exact) mass is 410 g/mol. The van der Waals surface area contributed by atoms with Gasteiger partial charge in [0, 0.05) is 42.3 Å². The van der Waals surface area contributed by atoms with Crippen LogP contribution in [0.5, 0.6) is 0 Å². The first-order valence-corrected chi connectivity index (χ1v) is 11.5. The van der Waals surface area contributed by atoms with Crippen molar-refractivity contribution in [2.75, 3.05) is 25.9 Å². The second kappa shape index (κ2) is 8.14. The zero-order valence-electron chi connectivity index (χ0n) is 16.6. The average molecular weight is 411 g/mol. The van der Waals surface area contributed by atoms with Crippen LogP contribution < -0.4 is 0 Å². The van der Waals surface area contributed by atoms with E-state index in [0.29, 0.717) is 6.42 Å². The first kappa shape index (κ1) is 19.9. The second-order valence-electron chi connectivity index (χ2n) is 7.79. The molecule has 0 saturated heterocycles. The molecule has 1 aliphatic rings. The summed E-state index contributed by atoms with van der Waals surface area (Å²) in [5.41, 5.74) is 5.86. The molecule has 1 N–H and O–H groups in total. The van der Waals surface area contributed by atoms with Gasteiger partial charge < -0.3 is 9.47 Å². The third-order valence-corrected chi connectivity index (χ3v) is 6.27. The van der Waals surface area contributed by atoms with E-state index in [1.54, 1.807) is 0 Å². The predicted octanol–water partition coefficient (Wildman–Crippen LogP) is 3.84. The molecular weight excluding hydrogens is 384 g/mol. The highest BCUT2D eigenvalue weighted by molar-refractivity contribution is 7.85. The highest BCUT2D eigenvalue weighted by Crippen LogP contribution is 2.32. The molecule has 0 atom stereocenters. The van der Waals surface area contributed by atoms with Crippen LogP contribution in [0.25, 0.3) is 16.5 Å². The Bertz CT molecular complexity index is 1150. The molecule has 0 aliphatic carbocycles. The number of aromatic nitrogens is 1. The maximum Gasteiger partial charge on any atom is 0.265 e. The van der Waals surface area contributed by atoms with Crippen LogP contribution in [0.4, 0.5) is 0 Å². The largest absolute Gasteiger partial charge is 0.342 e. The van der Waals surface area contributed by atoms with Crippen molar-refractivity contribution in [1.29, 1.82) is 0 Å². The number of likely N-dealkylation sites (N-methyl/N-ethyl adjacent to an activating group) is 1. The van der Waals surface area contributed by atoms with Gasteiger partial charge in [0.05, 0.1) is 5.75 Å². The Labute approximate surface area is 172 Å². The summed E-state index contributed by atoms with van der Waals surface area (Å²) in [6.07, 6.45) is 5.81. The van der Waals surface area contributed by atoms with Gasteiger partial charge in [-0.1, -0.05) is 42.5 Å². The van der Waals surface area contributed by atoms with Gasteiger partial charge in [0.15, 0.2) is 0 Å². The molecule has 1 aliphatic heterocycles. The molecule has 0 fully saturated rings. The Balaban J connectivity index is 1.76. The minimum atomic E-state index is -3.97. The molecule has 0 radical (unpaired) electrons. The number of aryl methyl sites for hydroxylation is 1. The van der Waals surface area contributed by atoms with Crippen LogP contribution >= 0.6 is 0 Å². The third kappa shape index (κ3) is 4.78. The van der Waals surface area contributed by atoms with Crippen molar-refractivity contribution < 1.29 is 13.0 Å². The van der Waals surface area contributed by atoms with Gasteiger partial charge >= 0.3 is 0 Å². The molecule has 1 aromatic heterocycles. The van der Waals surface area contributed by atoms with Gasteiger partial charge in [-0.15, -0.1) is 0 Å². The molecule has 3 aromatic rings. The minimum Gasteiger partial charge on any atom is -0.342 e. The summed E-state index contributed by atoms with van der Waals surface area (Å²) in [5.74, 6) is -0.258. The number of nitrogens with zero attached hydrogens (tertiary/aromatic N) is 2. The van der Waals surface area contributed by atoms with E-state index >= 15 is 0 Å². The number of benzene rings is 2. The summed E-state index contributed by atoms with van der Waals surface area (Å²) in [6, 6.07) is 16.5. The minimum absolute atomic E-state index is 0.258. The number of hydrogen-bond donors (Lipinski definition) is 1. The van der Waals surface area contributed by atoms with Crippen LogP contribution in [0, 0.1) is 0 Å². The summed E-state index contributed by atoms with van der Waals surface area (Å²) >= 11 is 0. The summed E-state index contributed by atoms with van der Waals surface area (Å²) in [5, 5.41) is 1.14. The molecule has 0 amide bonds. The van der Waals surface area contributed by atoms with E-state index < -0.39 is 10.1 Å². The van der Waals surface area contributed by atoms with E-state index in [9.17, 15) is 8.42 Å². The van der Waals surface area contributed by atoms with Crippen LogP contribution in [-0.2, 0) is 23.1 Å². The lowest BCUT2D eigenvalue weighted by atomic mass is 9.98. The Morgan fingerprint density at radius 2 is 1.86 bits per heavy atom. The summed E-state index contributed by atoms with van der Waals surface area (Å²) in [7, 11) is -1.85. The molecule has 5 nitrogen and oxygen atoms in total. The molecule has 0 bridgehead atoms. The zero-order valence-corrected chi connectivity index (χ0v) is 17.4. The van der Waals surface area contributed by atoms with Crippen LogP contribution in [0.1, 0.15) is 23.1 Å². The van der Waals surface area contributed by atoms with Crippen molar-refractivity contribution >= 4 is 26.6 Å². The Kier molecular flexibility index (Phi) is 5.58. The van der Waals surface area contributed by atoms with E-state index in [2.05, 4.69) is 65.2 Å². The van der Waals surface area contributed by atoms with E-state index in [-0.39, 0.29) is 5.75 Å². The van der Waals surface area contributed by atoms with Gasteiger partial charge in [-0.2, -0.15) is 8.42 Å². The molecule has 152 valence electrons. The quantitative estimate of drug-likeness (QED) is 0.627. The fourth-order valence-electron chi connectivity index (χ4n) is 3.93. The Morgan fingerprint density at radius 3 is 2.55 bits per heavy atom. The lowest BCUT2D eigenvalue weighted by molar-refractivity contribution is 0.370. The fourth-order valence-corrected chi connectivity index (χ4v) is 4.42. The lowest BCUT2D eigenvalue weighted by Crippen LogP contribution is -2.23. The first-order chi connectivity index (χ1) is 13.9. The van der Waals surface area contributed by atoms with Crippen molar-refractivity contribution in [3.63, 3.8) is 0 Å². The summed E-state index contributed by atoms with van der Waals surface area (Å²) in [6.45, 7) is 2.75. The highest BCUT2D eigenvalue weighted by Gasteiger charge is 2.17. The molecule has 0 saturated carbocycles. The maximum absolute atomic E-state index is 11.2. The number of fused-ring (bicyclic) bond motifs is 1. The van der Waals surface area contributed by atoms with Gasteiger partial charge in [0.1, 0.15) is 0 Å². The zero-order chi connectivity index (χ0) is 20.4. The van der Waals surface area contributed by atoms with E-state index in [1.165, 1.54) is 16.7 Å². The molecule has 6 heteroatoms. The molecule has 2 heterocycles. The normalized spacial score (nSPS) is 15.6. The summed E-state index contributed by atoms with van der Waals surface area (Å²) < 4.78 is 33.7. The van der Waals surface area contributed by atoms with Crippen molar-refractivity contribution in [2.45, 2.75) is 19.4 Å². The van der Waals surface area contributed by atoms with Crippen molar-refractivity contribution in [3.05, 3.63) is 77.5 Å². The Hall–Kier alpha value is -2.41. The van der Waals surface area contributed by atoms with Gasteiger partial charge in [-0.05, 0) is 48.7 Å². The molecule has 0 unspecified atom stereocenters. The first-order valence-electron chi connectivity index (χ1n) is 9.88. The molecule has 29 heavy (non-hydrogen) atoms. The van der Waals surface area contributed by atoms with Crippen LogP contribution in [0.2, 0.25) is 0 Å². The third-order valence-electron chi connectivity index (χ3n) is 5.55. The molecule has 2 aromatic carbocycles. The topological polar surface area (TPSA) is 62.5 Å². The van der Waals surface area contributed by atoms with Crippen molar-refractivity contribution in [1.82, 2.24) is 9.47 Å². The standard InChI is InChI=1S/C23H26N2O3S/c1-24-12-9-20(10-13-24)22-17-25(16-19-5-3-2-4-6-19)23-8-7-18(15-21(22)23)11-14-29(26,27)28/h2-9,15,17H,10-14,16H2,1H3,(H,26,27,28). The molecule has 4 rings (SSSR count). The average Bonchev–Trinajstić information content (AvgIpc) is 3.05. The fraction of sp³-hybridized carbons (Fsp3) is 0.304. The molecular formula is C23H26N2O3S. The molecule has 0 spiro atoms. The van der Waals surface area contributed by atoms with Gasteiger partial charge in [0.25, 0.3) is 10.1 Å². The second-order valence-corrected chi connectivity index (χ2v) is 9.36. The smallest absolute Gasteiger partial charge is 0.265 e. The Morgan fingerprint density at radius 1 is 1.07 bits per heavy atom. The van der Waals surface area contributed by atoms with Crippen molar-refractivity contribution in [2.24, 2.45) is 0 Å². The van der Waals surface area contributed by atoms with Crippen LogP contribution in [0.3, 0.4) is 0 Å². The van der Waals surface area contributed by atoms with E-state index in [4.69, 9.17) is 4.55 Å². The van der Waals surface area contributed by atoms with Gasteiger partial charge in [0.2, 0.25) is 0 Å². The van der Waals surface area contributed by atoms with E-state index in [1.807, 2.05) is 12.1 Å². The van der Waals surface area contributed by atoms with Crippen molar-refractivity contribution in [3.8, 4) is 0 Å².